The molecule has 3 rings (SSSR count). The quantitative estimate of drug-likeness (QED) is 0.792. The molecule has 0 fully saturated rings. The third-order valence-corrected chi connectivity index (χ3v) is 3.05. The maximum Gasteiger partial charge on any atom is 0.0897 e. The van der Waals surface area contributed by atoms with E-state index in [1.807, 2.05) is 35.1 Å². The summed E-state index contributed by atoms with van der Waals surface area (Å²) in [4.78, 5) is 0. The van der Waals surface area contributed by atoms with E-state index in [1.165, 1.54) is 5.56 Å². The number of hydrogen-bond donors (Lipinski definition) is 0. The Bertz CT molecular complexity index is 490. The number of hydrogen-bond acceptors (Lipinski definition) is 2. The molecule has 0 amide bonds. The maximum absolute atomic E-state index is 5.37. The molecule has 1 aliphatic heterocycles. The highest BCUT2D eigenvalue weighted by molar-refractivity contribution is 9.10. The highest BCUT2D eigenvalue weighted by Crippen LogP contribution is 2.23. The predicted octanol–water partition coefficient (Wildman–Crippen LogP) is 2.67. The standard InChI is InChI=1S/C11H9BrN2O/c12-9-1-3-10(4-2-9)14-11-7-15-6-8(11)5-13-14/h1-5H,6-7H2. The Hall–Kier alpha value is -1.13. The van der Waals surface area contributed by atoms with Crippen LogP contribution < -0.4 is 0 Å². The molecule has 0 aliphatic carbocycles. The van der Waals surface area contributed by atoms with E-state index in [0.717, 1.165) is 15.9 Å². The van der Waals surface area contributed by atoms with Crippen molar-refractivity contribution in [3.63, 3.8) is 0 Å². The van der Waals surface area contributed by atoms with Gasteiger partial charge in [-0.05, 0) is 24.3 Å². The Morgan fingerprint density at radius 2 is 2.00 bits per heavy atom. The summed E-state index contributed by atoms with van der Waals surface area (Å²) >= 11 is 3.42. The van der Waals surface area contributed by atoms with Gasteiger partial charge in [0.1, 0.15) is 0 Å². The van der Waals surface area contributed by atoms with Crippen LogP contribution in [-0.4, -0.2) is 9.78 Å². The van der Waals surface area contributed by atoms with E-state index in [-0.39, 0.29) is 0 Å². The maximum atomic E-state index is 5.37. The second-order valence-corrected chi connectivity index (χ2v) is 4.41. The first-order valence-electron chi connectivity index (χ1n) is 4.74. The zero-order chi connectivity index (χ0) is 10.3. The Balaban J connectivity index is 2.09. The molecule has 15 heavy (non-hydrogen) atoms. The third-order valence-electron chi connectivity index (χ3n) is 2.52. The summed E-state index contributed by atoms with van der Waals surface area (Å²) in [5.41, 5.74) is 3.43. The lowest BCUT2D eigenvalue weighted by Gasteiger charge is -2.04. The van der Waals surface area contributed by atoms with Crippen molar-refractivity contribution in [1.82, 2.24) is 9.78 Å². The second kappa shape index (κ2) is 3.47. The third kappa shape index (κ3) is 1.50. The number of nitrogens with zero attached hydrogens (tertiary/aromatic N) is 2. The van der Waals surface area contributed by atoms with Gasteiger partial charge >= 0.3 is 0 Å². The summed E-state index contributed by atoms with van der Waals surface area (Å²) in [6.07, 6.45) is 1.88. The van der Waals surface area contributed by atoms with Gasteiger partial charge in [0.15, 0.2) is 0 Å². The predicted molar refractivity (Wildman–Crippen MR) is 59.8 cm³/mol. The fourth-order valence-corrected chi connectivity index (χ4v) is 2.01. The highest BCUT2D eigenvalue weighted by Gasteiger charge is 2.17. The summed E-state index contributed by atoms with van der Waals surface area (Å²) in [5, 5.41) is 4.36. The molecule has 1 aromatic carbocycles. The second-order valence-electron chi connectivity index (χ2n) is 3.50. The fourth-order valence-electron chi connectivity index (χ4n) is 1.74. The number of ether oxygens (including phenoxy) is 1. The van der Waals surface area contributed by atoms with Crippen LogP contribution in [0, 0.1) is 0 Å². The lowest BCUT2D eigenvalue weighted by molar-refractivity contribution is 0.130. The molecule has 0 radical (unpaired) electrons. The molecule has 0 bridgehead atoms. The van der Waals surface area contributed by atoms with Crippen LogP contribution in [0.15, 0.2) is 34.9 Å². The average Bonchev–Trinajstić information content (AvgIpc) is 2.80. The Morgan fingerprint density at radius 3 is 2.80 bits per heavy atom. The monoisotopic (exact) mass is 264 g/mol. The van der Waals surface area contributed by atoms with E-state index in [0.29, 0.717) is 13.2 Å². The molecule has 0 spiro atoms. The van der Waals surface area contributed by atoms with E-state index in [4.69, 9.17) is 4.74 Å². The van der Waals surface area contributed by atoms with Gasteiger partial charge < -0.3 is 4.74 Å². The lowest BCUT2D eigenvalue weighted by Crippen LogP contribution is -2.00. The summed E-state index contributed by atoms with van der Waals surface area (Å²) < 4.78 is 8.39. The minimum atomic E-state index is 0.658. The van der Waals surface area contributed by atoms with Crippen molar-refractivity contribution in [2.75, 3.05) is 0 Å². The number of rotatable bonds is 1. The molecule has 4 heteroatoms. The van der Waals surface area contributed by atoms with E-state index in [2.05, 4.69) is 21.0 Å². The van der Waals surface area contributed by atoms with Gasteiger partial charge in [0.25, 0.3) is 0 Å². The molecule has 1 aliphatic rings. The molecule has 1 aromatic heterocycles. The van der Waals surface area contributed by atoms with Gasteiger partial charge in [-0.2, -0.15) is 5.10 Å². The fraction of sp³-hybridized carbons (Fsp3) is 0.182. The summed E-state index contributed by atoms with van der Waals surface area (Å²) in [6.45, 7) is 1.34. The molecule has 3 nitrogen and oxygen atoms in total. The molecule has 0 N–H and O–H groups in total. The topological polar surface area (TPSA) is 27.1 Å². The van der Waals surface area contributed by atoms with Gasteiger partial charge in [-0.25, -0.2) is 4.68 Å². The molecule has 0 saturated carbocycles. The van der Waals surface area contributed by atoms with Crippen molar-refractivity contribution in [3.8, 4) is 5.69 Å². The van der Waals surface area contributed by atoms with Gasteiger partial charge in [-0.1, -0.05) is 15.9 Å². The van der Waals surface area contributed by atoms with Crippen LogP contribution in [0.1, 0.15) is 11.3 Å². The van der Waals surface area contributed by atoms with E-state index in [1.54, 1.807) is 0 Å². The average molecular weight is 265 g/mol. The summed E-state index contributed by atoms with van der Waals surface area (Å²) in [5.74, 6) is 0. The minimum absolute atomic E-state index is 0.658. The van der Waals surface area contributed by atoms with Crippen LogP contribution in [0.4, 0.5) is 0 Å². The Kier molecular flexibility index (Phi) is 2.11. The van der Waals surface area contributed by atoms with E-state index in [9.17, 15) is 0 Å². The lowest BCUT2D eigenvalue weighted by atomic mass is 10.3. The van der Waals surface area contributed by atoms with Gasteiger partial charge in [-0.3, -0.25) is 0 Å². The van der Waals surface area contributed by atoms with Crippen molar-refractivity contribution in [1.29, 1.82) is 0 Å². The van der Waals surface area contributed by atoms with E-state index < -0.39 is 0 Å². The van der Waals surface area contributed by atoms with Gasteiger partial charge in [0, 0.05) is 10.0 Å². The van der Waals surface area contributed by atoms with Crippen molar-refractivity contribution in [2.24, 2.45) is 0 Å². The first-order valence-corrected chi connectivity index (χ1v) is 5.53. The summed E-state index contributed by atoms with van der Waals surface area (Å²) in [7, 11) is 0. The van der Waals surface area contributed by atoms with Crippen LogP contribution >= 0.6 is 15.9 Å². The number of fused-ring (bicyclic) bond motifs is 1. The Morgan fingerprint density at radius 1 is 1.20 bits per heavy atom. The van der Waals surface area contributed by atoms with E-state index >= 15 is 0 Å². The van der Waals surface area contributed by atoms with Gasteiger partial charge in [0.2, 0.25) is 0 Å². The van der Waals surface area contributed by atoms with Crippen LogP contribution in [-0.2, 0) is 18.0 Å². The number of halogens is 1. The molecular formula is C11H9BrN2O. The smallest absolute Gasteiger partial charge is 0.0897 e. The van der Waals surface area contributed by atoms with Gasteiger partial charge in [-0.15, -0.1) is 0 Å². The van der Waals surface area contributed by atoms with Crippen molar-refractivity contribution >= 4 is 15.9 Å². The zero-order valence-corrected chi connectivity index (χ0v) is 9.57. The minimum Gasteiger partial charge on any atom is -0.370 e. The molecule has 2 aromatic rings. The van der Waals surface area contributed by atoms with Crippen molar-refractivity contribution in [2.45, 2.75) is 13.2 Å². The molecule has 2 heterocycles. The SMILES string of the molecule is Brc1ccc(-n2ncc3c2COC3)cc1. The van der Waals surface area contributed by atoms with Crippen molar-refractivity contribution in [3.05, 3.63) is 46.2 Å². The highest BCUT2D eigenvalue weighted by atomic mass is 79.9. The Labute approximate surface area is 95.8 Å². The molecule has 76 valence electrons. The summed E-state index contributed by atoms with van der Waals surface area (Å²) in [6, 6.07) is 8.10. The van der Waals surface area contributed by atoms with Crippen LogP contribution in [0.5, 0.6) is 0 Å². The van der Waals surface area contributed by atoms with Crippen LogP contribution in [0.3, 0.4) is 0 Å². The molecule has 0 unspecified atom stereocenters. The largest absolute Gasteiger partial charge is 0.370 e. The molecule has 0 atom stereocenters. The normalized spacial score (nSPS) is 14.2. The number of benzene rings is 1. The number of aromatic nitrogens is 2. The van der Waals surface area contributed by atoms with Crippen LogP contribution in [0.2, 0.25) is 0 Å². The molecular weight excluding hydrogens is 256 g/mol. The molecule has 0 saturated heterocycles. The van der Waals surface area contributed by atoms with Gasteiger partial charge in [0.05, 0.1) is 30.8 Å². The van der Waals surface area contributed by atoms with Crippen molar-refractivity contribution < 1.29 is 4.74 Å². The first-order chi connectivity index (χ1) is 7.34. The van der Waals surface area contributed by atoms with Crippen LogP contribution in [0.25, 0.3) is 5.69 Å². The first kappa shape index (κ1) is 9.12. The zero-order valence-electron chi connectivity index (χ0n) is 7.98.